The fourth-order valence-electron chi connectivity index (χ4n) is 9.67. The van der Waals surface area contributed by atoms with Crippen LogP contribution < -0.4 is 24.5 Å². The summed E-state index contributed by atoms with van der Waals surface area (Å²) in [5.41, 5.74) is 3.99. The number of hydrogen-bond acceptors (Lipinski definition) is 8. The number of aromatic nitrogens is 3. The molecule has 300 valence electrons. The summed E-state index contributed by atoms with van der Waals surface area (Å²) in [4.78, 5) is 32.2. The molecule has 0 saturated carbocycles. The van der Waals surface area contributed by atoms with E-state index >= 15 is 4.79 Å². The van der Waals surface area contributed by atoms with Gasteiger partial charge < -0.3 is 24.2 Å². The number of aliphatic hydroxyl groups is 1. The maximum absolute atomic E-state index is 15.4. The summed E-state index contributed by atoms with van der Waals surface area (Å²) in [7, 11) is -0.719. The van der Waals surface area contributed by atoms with E-state index in [4.69, 9.17) is 14.2 Å². The molecule has 59 heavy (non-hydrogen) atoms. The summed E-state index contributed by atoms with van der Waals surface area (Å²) >= 11 is 0. The maximum Gasteiger partial charge on any atom is 0.269 e. The smallest absolute Gasteiger partial charge is 0.269 e. The summed E-state index contributed by atoms with van der Waals surface area (Å²) in [5.74, 6) is 1.00. The molecule has 3 aliphatic rings. The van der Waals surface area contributed by atoms with E-state index in [0.717, 1.165) is 28.1 Å². The van der Waals surface area contributed by atoms with Crippen LogP contribution in [0.1, 0.15) is 41.8 Å². The molecule has 0 aliphatic carbocycles. The standard InChI is InChI=1S/C47H47N5O6Si/c1-31-45(59(3,4)36-23-21-35(56-2)22-24-36)42(25-26-50-29-38(48-49-50)44(54)33-14-6-5-7-15-33)58-47(31)37-17-8-9-18-39(37)51(46(47)55)28-32-13-12-16-34(27-32)52-40-19-10-11-20-41(40)57-30-43(52)53/h5-24,27,29,31,42,44-45,54H,25-26,28,30H2,1-4H3/t31-,42+,44-,45-,47+/m1/s1. The van der Waals surface area contributed by atoms with Crippen molar-refractivity contribution < 1.29 is 28.9 Å². The van der Waals surface area contributed by atoms with Crippen molar-refractivity contribution in [1.29, 1.82) is 0 Å². The van der Waals surface area contributed by atoms with Crippen LogP contribution in [0.3, 0.4) is 0 Å². The molecule has 1 fully saturated rings. The highest BCUT2D eigenvalue weighted by molar-refractivity contribution is 6.91. The fourth-order valence-corrected chi connectivity index (χ4v) is 13.7. The van der Waals surface area contributed by atoms with Crippen molar-refractivity contribution in [3.8, 4) is 11.5 Å². The first-order chi connectivity index (χ1) is 28.6. The number of ether oxygens (including phenoxy) is 3. The molecule has 1 saturated heterocycles. The van der Waals surface area contributed by atoms with Gasteiger partial charge in [-0.1, -0.05) is 115 Å². The Morgan fingerprint density at radius 1 is 0.898 bits per heavy atom. The van der Waals surface area contributed by atoms with Gasteiger partial charge in [0, 0.05) is 23.7 Å². The fraction of sp³-hybridized carbons (Fsp3) is 0.277. The normalized spacial score (nSPS) is 21.7. The number of anilines is 3. The highest BCUT2D eigenvalue weighted by atomic mass is 28.3. The van der Waals surface area contributed by atoms with Crippen LogP contribution >= 0.6 is 0 Å². The van der Waals surface area contributed by atoms with Gasteiger partial charge in [-0.3, -0.25) is 19.2 Å². The van der Waals surface area contributed by atoms with Gasteiger partial charge in [0.05, 0.1) is 45.4 Å². The van der Waals surface area contributed by atoms with E-state index < -0.39 is 19.8 Å². The molecule has 2 amide bonds. The van der Waals surface area contributed by atoms with Crippen LogP contribution in [0.5, 0.6) is 11.5 Å². The molecule has 9 rings (SSSR count). The number of fused-ring (bicyclic) bond motifs is 3. The zero-order chi connectivity index (χ0) is 40.9. The first-order valence-corrected chi connectivity index (χ1v) is 23.2. The Kier molecular flexibility index (Phi) is 9.94. The second-order valence-corrected chi connectivity index (χ2v) is 20.9. The molecule has 1 N–H and O–H groups in total. The lowest BCUT2D eigenvalue weighted by Gasteiger charge is -2.37. The van der Waals surface area contributed by atoms with Crippen LogP contribution in [0, 0.1) is 5.92 Å². The summed E-state index contributed by atoms with van der Waals surface area (Å²) in [6.07, 6.45) is 1.19. The monoisotopic (exact) mass is 805 g/mol. The van der Waals surface area contributed by atoms with Gasteiger partial charge >= 0.3 is 0 Å². The highest BCUT2D eigenvalue weighted by Gasteiger charge is 2.66. The number of aryl methyl sites for hydroxylation is 1. The number of amides is 2. The lowest BCUT2D eigenvalue weighted by Crippen LogP contribution is -2.51. The first-order valence-electron chi connectivity index (χ1n) is 20.1. The van der Waals surface area contributed by atoms with E-state index in [9.17, 15) is 9.90 Å². The van der Waals surface area contributed by atoms with E-state index in [2.05, 4.69) is 42.5 Å². The average molecular weight is 806 g/mol. The van der Waals surface area contributed by atoms with Crippen molar-refractivity contribution >= 4 is 42.1 Å². The minimum absolute atomic E-state index is 0.0291. The van der Waals surface area contributed by atoms with Crippen LogP contribution in [-0.4, -0.2) is 59.8 Å². The molecule has 1 spiro atoms. The van der Waals surface area contributed by atoms with Crippen molar-refractivity contribution in [3.05, 3.63) is 156 Å². The van der Waals surface area contributed by atoms with E-state index in [0.29, 0.717) is 42.3 Å². The van der Waals surface area contributed by atoms with E-state index in [1.54, 1.807) is 22.9 Å². The third-order valence-electron chi connectivity index (χ3n) is 12.6. The third-order valence-corrected chi connectivity index (χ3v) is 16.9. The number of methoxy groups -OCH3 is 1. The van der Waals surface area contributed by atoms with Gasteiger partial charge in [-0.05, 0) is 65.6 Å². The second-order valence-electron chi connectivity index (χ2n) is 16.2. The Bertz CT molecular complexity index is 2510. The highest BCUT2D eigenvalue weighted by Crippen LogP contribution is 2.60. The summed E-state index contributed by atoms with van der Waals surface area (Å²) in [6.45, 7) is 7.66. The second kappa shape index (κ2) is 15.3. The van der Waals surface area contributed by atoms with Gasteiger partial charge in [0.2, 0.25) is 0 Å². The Morgan fingerprint density at radius 2 is 1.63 bits per heavy atom. The minimum Gasteiger partial charge on any atom is -0.497 e. The van der Waals surface area contributed by atoms with Gasteiger partial charge in [-0.25, -0.2) is 0 Å². The van der Waals surface area contributed by atoms with Crippen LogP contribution in [-0.2, 0) is 33.0 Å². The Morgan fingerprint density at radius 3 is 2.41 bits per heavy atom. The predicted octanol–water partition coefficient (Wildman–Crippen LogP) is 7.28. The molecule has 0 bridgehead atoms. The predicted molar refractivity (Wildman–Crippen MR) is 228 cm³/mol. The molecule has 1 aromatic heterocycles. The van der Waals surface area contributed by atoms with Crippen LogP contribution in [0.2, 0.25) is 18.6 Å². The molecule has 5 aromatic carbocycles. The number of rotatable bonds is 11. The van der Waals surface area contributed by atoms with Crippen LogP contribution in [0.4, 0.5) is 17.1 Å². The Balaban J connectivity index is 1.05. The van der Waals surface area contributed by atoms with Crippen LogP contribution in [0.15, 0.2) is 134 Å². The summed E-state index contributed by atoms with van der Waals surface area (Å²) in [5, 5.41) is 21.0. The van der Waals surface area contributed by atoms with Gasteiger partial charge in [-0.2, -0.15) is 0 Å². The average Bonchev–Trinajstić information content (AvgIpc) is 3.93. The first kappa shape index (κ1) is 38.4. The van der Waals surface area contributed by atoms with Gasteiger partial charge in [0.1, 0.15) is 23.3 Å². The third kappa shape index (κ3) is 6.61. The number of carbonyl (C=O) groups excluding carboxylic acids is 2. The van der Waals surface area contributed by atoms with E-state index in [-0.39, 0.29) is 36.0 Å². The zero-order valence-electron chi connectivity index (χ0n) is 33.6. The SMILES string of the molecule is COc1ccc([Si](C)(C)[C@H]2[C@H](CCn3cc([C@H](O)c4ccccc4)nn3)O[C@@]3(C(=O)N(Cc4cccc(N5C(=O)COc6ccccc65)c4)c4ccccc43)[C@@H]2C)cc1. The molecule has 12 heteroatoms. The number of nitrogens with zero attached hydrogens (tertiary/aromatic N) is 5. The summed E-state index contributed by atoms with van der Waals surface area (Å²) < 4.78 is 20.3. The van der Waals surface area contributed by atoms with Gasteiger partial charge in [0.25, 0.3) is 11.8 Å². The number of hydrogen-bond donors (Lipinski definition) is 1. The summed E-state index contributed by atoms with van der Waals surface area (Å²) in [6, 6.07) is 41.1. The Labute approximate surface area is 344 Å². The van der Waals surface area contributed by atoms with E-state index in [1.165, 1.54) is 5.19 Å². The number of benzene rings is 5. The quantitative estimate of drug-likeness (QED) is 0.136. The number of carbonyl (C=O) groups is 2. The molecule has 5 atom stereocenters. The van der Waals surface area contributed by atoms with Gasteiger partial charge in [-0.15, -0.1) is 5.10 Å². The largest absolute Gasteiger partial charge is 0.497 e. The van der Waals surface area contributed by atoms with Crippen molar-refractivity contribution in [1.82, 2.24) is 15.0 Å². The molecule has 3 aliphatic heterocycles. The van der Waals surface area contributed by atoms with Crippen molar-refractivity contribution in [3.63, 3.8) is 0 Å². The molecule has 11 nitrogen and oxygen atoms in total. The van der Waals surface area contributed by atoms with Gasteiger partial charge in [0.15, 0.2) is 12.2 Å². The van der Waals surface area contributed by atoms with Crippen molar-refractivity contribution in [2.24, 2.45) is 5.92 Å². The number of para-hydroxylation sites is 3. The molecule has 0 radical (unpaired) electrons. The topological polar surface area (TPSA) is 119 Å². The molecule has 0 unspecified atom stereocenters. The molecule has 6 aromatic rings. The van der Waals surface area contributed by atoms with E-state index in [1.807, 2.05) is 120 Å². The van der Waals surface area contributed by atoms with Crippen LogP contribution in [0.25, 0.3) is 0 Å². The minimum atomic E-state index is -2.39. The Hall–Kier alpha value is -6.08. The molecule has 4 heterocycles. The lowest BCUT2D eigenvalue weighted by molar-refractivity contribution is -0.146. The number of aliphatic hydroxyl groups excluding tert-OH is 1. The van der Waals surface area contributed by atoms with Crippen molar-refractivity contribution in [2.45, 2.75) is 62.9 Å². The molecular formula is C47H47N5O6Si. The lowest BCUT2D eigenvalue weighted by atomic mass is 9.82. The van der Waals surface area contributed by atoms with Crippen molar-refractivity contribution in [2.75, 3.05) is 23.5 Å². The zero-order valence-corrected chi connectivity index (χ0v) is 34.6. The molecular weight excluding hydrogens is 759 g/mol. The maximum atomic E-state index is 15.4.